The first kappa shape index (κ1) is 24.2. The van der Waals surface area contributed by atoms with E-state index in [9.17, 15) is 4.39 Å². The van der Waals surface area contributed by atoms with Crippen molar-refractivity contribution in [3.63, 3.8) is 0 Å². The van der Waals surface area contributed by atoms with Crippen LogP contribution in [-0.4, -0.2) is 67.1 Å². The van der Waals surface area contributed by atoms with Gasteiger partial charge in [0.25, 0.3) is 0 Å². The first-order valence-electron chi connectivity index (χ1n) is 12.2. The van der Waals surface area contributed by atoms with Crippen LogP contribution in [0.15, 0.2) is 24.4 Å². The minimum absolute atomic E-state index is 0.0803. The van der Waals surface area contributed by atoms with Gasteiger partial charge >= 0.3 is 0 Å². The van der Waals surface area contributed by atoms with E-state index in [1.807, 2.05) is 13.0 Å². The second-order valence-electron chi connectivity index (χ2n) is 9.28. The Morgan fingerprint density at radius 1 is 1.24 bits per heavy atom. The Hall–Kier alpha value is -2.94. The number of hydrogen-bond acceptors (Lipinski definition) is 8. The Morgan fingerprint density at radius 3 is 2.76 bits per heavy atom. The molecule has 4 rings (SSSR count). The third kappa shape index (κ3) is 5.75. The Balaban J connectivity index is 1.39. The Kier molecular flexibility index (Phi) is 7.82. The summed E-state index contributed by atoms with van der Waals surface area (Å²) in [6.07, 6.45) is 4.17. The molecule has 0 amide bonds. The number of halogens is 1. The summed E-state index contributed by atoms with van der Waals surface area (Å²) in [5.74, 6) is 0.693. The van der Waals surface area contributed by atoms with Crippen molar-refractivity contribution in [1.29, 1.82) is 5.41 Å². The molecule has 0 spiro atoms. The highest BCUT2D eigenvalue weighted by atomic mass is 19.1. The molecular weight excluding hydrogens is 433 g/mol. The van der Waals surface area contributed by atoms with E-state index < -0.39 is 5.82 Å². The summed E-state index contributed by atoms with van der Waals surface area (Å²) < 4.78 is 19.8. The molecule has 0 bridgehead atoms. The molecule has 9 heteroatoms. The number of rotatable bonds is 8. The normalized spacial score (nSPS) is 20.9. The van der Waals surface area contributed by atoms with Gasteiger partial charge in [0.1, 0.15) is 0 Å². The Morgan fingerprint density at radius 2 is 2.03 bits per heavy atom. The highest BCUT2D eigenvalue weighted by molar-refractivity contribution is 5.76. The summed E-state index contributed by atoms with van der Waals surface area (Å²) in [6.45, 7) is 9.21. The standard InChI is InChI=1S/C25H36FN7O/c1-4-34-23(27)20-7-5-6-18(20)15-28-24-21(26)16-29-25(31-24)30-19-8-9-22(17(2)14-19)33-12-10-32(3)11-13-33/h8-9,14,16,18,20,27H,4-7,10-13,15H2,1-3H3,(H2,28,29,30,31)/t18-,20+/m0/s1. The largest absolute Gasteiger partial charge is 0.481 e. The molecule has 2 atom stereocenters. The van der Waals surface area contributed by atoms with Crippen LogP contribution in [0.25, 0.3) is 0 Å². The van der Waals surface area contributed by atoms with Crippen LogP contribution in [0, 0.1) is 30.0 Å². The van der Waals surface area contributed by atoms with Crippen LogP contribution in [0.1, 0.15) is 31.7 Å². The summed E-state index contributed by atoms with van der Waals surface area (Å²) in [5, 5.41) is 14.5. The molecule has 2 aliphatic rings. The summed E-state index contributed by atoms with van der Waals surface area (Å²) in [5.41, 5.74) is 3.29. The topological polar surface area (TPSA) is 89.4 Å². The van der Waals surface area contributed by atoms with Gasteiger partial charge in [-0.2, -0.15) is 4.98 Å². The predicted octanol–water partition coefficient (Wildman–Crippen LogP) is 4.26. The number of aromatic nitrogens is 2. The van der Waals surface area contributed by atoms with Gasteiger partial charge in [-0.3, -0.25) is 5.41 Å². The summed E-state index contributed by atoms with van der Waals surface area (Å²) in [6, 6.07) is 6.22. The third-order valence-corrected chi connectivity index (χ3v) is 6.87. The monoisotopic (exact) mass is 469 g/mol. The van der Waals surface area contributed by atoms with Crippen LogP contribution >= 0.6 is 0 Å². The smallest absolute Gasteiger partial charge is 0.229 e. The molecule has 1 aromatic carbocycles. The fourth-order valence-corrected chi connectivity index (χ4v) is 4.93. The molecule has 1 aliphatic heterocycles. The summed E-state index contributed by atoms with van der Waals surface area (Å²) >= 11 is 0. The van der Waals surface area contributed by atoms with E-state index in [-0.39, 0.29) is 17.7 Å². The van der Waals surface area contributed by atoms with Crippen LogP contribution < -0.4 is 15.5 Å². The van der Waals surface area contributed by atoms with Crippen molar-refractivity contribution in [1.82, 2.24) is 14.9 Å². The lowest BCUT2D eigenvalue weighted by Gasteiger charge is -2.35. The van der Waals surface area contributed by atoms with Gasteiger partial charge in [-0.05, 0) is 63.4 Å². The first-order valence-corrected chi connectivity index (χ1v) is 12.2. The number of anilines is 4. The van der Waals surface area contributed by atoms with Gasteiger partial charge in [-0.25, -0.2) is 9.37 Å². The lowest BCUT2D eigenvalue weighted by molar-refractivity contribution is 0.282. The highest BCUT2D eigenvalue weighted by Crippen LogP contribution is 2.33. The van der Waals surface area contributed by atoms with Gasteiger partial charge in [0, 0.05) is 50.0 Å². The molecule has 34 heavy (non-hydrogen) atoms. The molecule has 2 aromatic rings. The quantitative estimate of drug-likeness (QED) is 0.393. The molecule has 3 N–H and O–H groups in total. The summed E-state index contributed by atoms with van der Waals surface area (Å²) in [4.78, 5) is 13.3. The van der Waals surface area contributed by atoms with Crippen LogP contribution in [0.3, 0.4) is 0 Å². The lowest BCUT2D eigenvalue weighted by Crippen LogP contribution is -2.44. The molecule has 8 nitrogen and oxygen atoms in total. The number of hydrogen-bond donors (Lipinski definition) is 3. The number of likely N-dealkylation sites (N-methyl/N-ethyl adjacent to an activating group) is 1. The SMILES string of the molecule is CCOC(=N)[C@@H]1CCC[C@H]1CNc1nc(Nc2ccc(N3CCN(C)CC3)c(C)c2)ncc1F. The average molecular weight is 470 g/mol. The van der Waals surface area contributed by atoms with E-state index in [1.54, 1.807) is 0 Å². The van der Waals surface area contributed by atoms with Crippen LogP contribution in [0.2, 0.25) is 0 Å². The number of nitrogens with one attached hydrogen (secondary N) is 3. The number of aryl methyl sites for hydroxylation is 1. The van der Waals surface area contributed by atoms with Crippen molar-refractivity contribution in [2.75, 3.05) is 61.9 Å². The van der Waals surface area contributed by atoms with Gasteiger partial charge in [-0.15, -0.1) is 0 Å². The zero-order chi connectivity index (χ0) is 24.1. The van der Waals surface area contributed by atoms with Crippen molar-refractivity contribution in [3.05, 3.63) is 35.8 Å². The Bertz CT molecular complexity index is 993. The van der Waals surface area contributed by atoms with E-state index in [0.717, 1.165) is 51.1 Å². The molecule has 2 fully saturated rings. The summed E-state index contributed by atoms with van der Waals surface area (Å²) in [7, 11) is 2.15. The van der Waals surface area contributed by atoms with Gasteiger partial charge in [-0.1, -0.05) is 6.42 Å². The molecule has 1 saturated heterocycles. The first-order chi connectivity index (χ1) is 16.4. The van der Waals surface area contributed by atoms with Crippen molar-refractivity contribution in [3.8, 4) is 0 Å². The molecular formula is C25H36FN7O. The maximum absolute atomic E-state index is 14.4. The van der Waals surface area contributed by atoms with Gasteiger partial charge in [0.15, 0.2) is 17.5 Å². The lowest BCUT2D eigenvalue weighted by atomic mass is 9.96. The highest BCUT2D eigenvalue weighted by Gasteiger charge is 2.31. The number of benzene rings is 1. The van der Waals surface area contributed by atoms with Gasteiger partial charge in [0.05, 0.1) is 12.8 Å². The van der Waals surface area contributed by atoms with Crippen molar-refractivity contribution < 1.29 is 9.13 Å². The van der Waals surface area contributed by atoms with Gasteiger partial charge in [0.2, 0.25) is 5.95 Å². The van der Waals surface area contributed by atoms with E-state index in [1.165, 1.54) is 17.4 Å². The van der Waals surface area contributed by atoms with Crippen LogP contribution in [-0.2, 0) is 4.74 Å². The molecule has 2 heterocycles. The number of ether oxygens (including phenoxy) is 1. The van der Waals surface area contributed by atoms with E-state index in [4.69, 9.17) is 10.1 Å². The molecule has 0 unspecified atom stereocenters. The molecule has 0 radical (unpaired) electrons. The fourth-order valence-electron chi connectivity index (χ4n) is 4.93. The predicted molar refractivity (Wildman–Crippen MR) is 135 cm³/mol. The van der Waals surface area contributed by atoms with Crippen molar-refractivity contribution in [2.24, 2.45) is 11.8 Å². The minimum Gasteiger partial charge on any atom is -0.481 e. The Labute approximate surface area is 201 Å². The zero-order valence-electron chi connectivity index (χ0n) is 20.4. The van der Waals surface area contributed by atoms with E-state index >= 15 is 0 Å². The number of piperazine rings is 1. The molecule has 1 aliphatic carbocycles. The second kappa shape index (κ2) is 11.0. The maximum Gasteiger partial charge on any atom is 0.229 e. The third-order valence-electron chi connectivity index (χ3n) is 6.87. The van der Waals surface area contributed by atoms with Crippen LogP contribution in [0.5, 0.6) is 0 Å². The molecule has 1 aromatic heterocycles. The van der Waals surface area contributed by atoms with E-state index in [0.29, 0.717) is 25.0 Å². The van der Waals surface area contributed by atoms with Crippen molar-refractivity contribution in [2.45, 2.75) is 33.1 Å². The van der Waals surface area contributed by atoms with Crippen LogP contribution in [0.4, 0.5) is 27.5 Å². The molecule has 1 saturated carbocycles. The average Bonchev–Trinajstić information content (AvgIpc) is 3.29. The zero-order valence-corrected chi connectivity index (χ0v) is 20.4. The van der Waals surface area contributed by atoms with Gasteiger partial charge < -0.3 is 25.2 Å². The minimum atomic E-state index is -0.485. The maximum atomic E-state index is 14.4. The van der Waals surface area contributed by atoms with Crippen molar-refractivity contribution >= 4 is 29.0 Å². The number of nitrogens with zero attached hydrogens (tertiary/aromatic N) is 4. The van der Waals surface area contributed by atoms with E-state index in [2.05, 4.69) is 56.5 Å². The molecule has 184 valence electrons. The second-order valence-corrected chi connectivity index (χ2v) is 9.28. The fraction of sp³-hybridized carbons (Fsp3) is 0.560.